The number of nitrogens with zero attached hydrogens (tertiary/aromatic N) is 2. The molecule has 5 heteroatoms. The van der Waals surface area contributed by atoms with Crippen LogP contribution in [0.4, 0.5) is 0 Å². The zero-order valence-electron chi connectivity index (χ0n) is 9.27. The molecule has 1 atom stereocenters. The monoisotopic (exact) mass is 213 g/mol. The van der Waals surface area contributed by atoms with Crippen LogP contribution in [0.15, 0.2) is 12.5 Å². The number of rotatable bonds is 6. The van der Waals surface area contributed by atoms with Gasteiger partial charge in [0.05, 0.1) is 24.2 Å². The second-order valence-electron chi connectivity index (χ2n) is 3.93. The van der Waals surface area contributed by atoms with E-state index in [1.54, 1.807) is 19.4 Å². The number of aromatic nitrogens is 2. The Hall–Kier alpha value is -0.910. The lowest BCUT2D eigenvalue weighted by atomic mass is 10.1. The van der Waals surface area contributed by atoms with E-state index in [1.807, 2.05) is 4.57 Å². The van der Waals surface area contributed by atoms with Crippen molar-refractivity contribution in [1.29, 1.82) is 0 Å². The Morgan fingerprint density at radius 3 is 2.93 bits per heavy atom. The van der Waals surface area contributed by atoms with Gasteiger partial charge in [-0.2, -0.15) is 0 Å². The highest BCUT2D eigenvalue weighted by Crippen LogP contribution is 2.01. The molecule has 1 aromatic heterocycles. The van der Waals surface area contributed by atoms with E-state index in [0.717, 1.165) is 12.2 Å². The van der Waals surface area contributed by atoms with Crippen molar-refractivity contribution >= 4 is 0 Å². The van der Waals surface area contributed by atoms with Gasteiger partial charge < -0.3 is 20.1 Å². The van der Waals surface area contributed by atoms with Gasteiger partial charge in [-0.05, 0) is 13.8 Å². The van der Waals surface area contributed by atoms with Crippen LogP contribution < -0.4 is 5.32 Å². The first-order valence-electron chi connectivity index (χ1n) is 5.12. The van der Waals surface area contributed by atoms with E-state index in [4.69, 9.17) is 5.11 Å². The summed E-state index contributed by atoms with van der Waals surface area (Å²) in [6.07, 6.45) is 3.57. The Kier molecular flexibility index (Phi) is 4.26. The molecular weight excluding hydrogens is 194 g/mol. The fourth-order valence-corrected chi connectivity index (χ4v) is 1.30. The van der Waals surface area contributed by atoms with Crippen molar-refractivity contribution in [3.05, 3.63) is 18.2 Å². The van der Waals surface area contributed by atoms with Gasteiger partial charge in [0.1, 0.15) is 0 Å². The highest BCUT2D eigenvalue weighted by atomic mass is 16.3. The molecule has 0 aliphatic carbocycles. The lowest BCUT2D eigenvalue weighted by molar-refractivity contribution is 0.00244. The lowest BCUT2D eigenvalue weighted by Gasteiger charge is -2.20. The van der Waals surface area contributed by atoms with Gasteiger partial charge in [0.2, 0.25) is 0 Å². The molecule has 0 saturated heterocycles. The van der Waals surface area contributed by atoms with Gasteiger partial charge in [-0.15, -0.1) is 0 Å². The van der Waals surface area contributed by atoms with E-state index in [2.05, 4.69) is 17.2 Å². The quantitative estimate of drug-likeness (QED) is 0.608. The predicted octanol–water partition coefficient (Wildman–Crippen LogP) is -0.264. The van der Waals surface area contributed by atoms with E-state index in [1.165, 1.54) is 0 Å². The number of nitrogens with one attached hydrogen (secondary N) is 1. The van der Waals surface area contributed by atoms with Crippen molar-refractivity contribution in [3.8, 4) is 0 Å². The van der Waals surface area contributed by atoms with Gasteiger partial charge in [0.25, 0.3) is 0 Å². The lowest BCUT2D eigenvalue weighted by Crippen LogP contribution is -2.40. The Balaban J connectivity index is 2.38. The van der Waals surface area contributed by atoms with E-state index in [0.29, 0.717) is 13.1 Å². The summed E-state index contributed by atoms with van der Waals surface area (Å²) in [7, 11) is 0. The normalized spacial score (nSPS) is 15.2. The van der Waals surface area contributed by atoms with Crippen LogP contribution in [0.5, 0.6) is 0 Å². The van der Waals surface area contributed by atoms with Crippen LogP contribution in [-0.2, 0) is 13.1 Å². The minimum Gasteiger partial charge on any atom is -0.393 e. The van der Waals surface area contributed by atoms with Gasteiger partial charge >= 0.3 is 0 Å². The average molecular weight is 213 g/mol. The predicted molar refractivity (Wildman–Crippen MR) is 57.3 cm³/mol. The Morgan fingerprint density at radius 2 is 2.33 bits per heavy atom. The smallest absolute Gasteiger partial charge is 0.0972 e. The number of hydrogen-bond donors (Lipinski definition) is 3. The van der Waals surface area contributed by atoms with Gasteiger partial charge in [-0.3, -0.25) is 0 Å². The highest BCUT2D eigenvalue weighted by Gasteiger charge is 2.17. The van der Waals surface area contributed by atoms with E-state index < -0.39 is 5.60 Å². The molecule has 1 rings (SSSR count). The van der Waals surface area contributed by atoms with E-state index in [9.17, 15) is 5.11 Å². The Labute approximate surface area is 89.8 Å². The third-order valence-electron chi connectivity index (χ3n) is 2.29. The maximum absolute atomic E-state index is 9.54. The molecule has 0 fully saturated rings. The molecule has 5 nitrogen and oxygen atoms in total. The number of aliphatic hydroxyl groups is 2. The first-order valence-corrected chi connectivity index (χ1v) is 5.12. The van der Waals surface area contributed by atoms with Crippen LogP contribution in [0.1, 0.15) is 19.5 Å². The maximum Gasteiger partial charge on any atom is 0.0972 e. The van der Waals surface area contributed by atoms with Gasteiger partial charge in [0.15, 0.2) is 0 Å². The average Bonchev–Trinajstić information content (AvgIpc) is 2.65. The summed E-state index contributed by atoms with van der Waals surface area (Å²) in [6, 6.07) is 0. The number of aliphatic hydroxyl groups excluding tert-OH is 1. The molecule has 15 heavy (non-hydrogen) atoms. The summed E-state index contributed by atoms with van der Waals surface area (Å²) >= 11 is 0. The fraction of sp³-hybridized carbons (Fsp3) is 0.700. The minimum atomic E-state index is -1.06. The molecule has 0 aliphatic heterocycles. The molecule has 0 bridgehead atoms. The van der Waals surface area contributed by atoms with Crippen molar-refractivity contribution in [1.82, 2.24) is 14.9 Å². The Bertz CT molecular complexity index is 297. The van der Waals surface area contributed by atoms with Crippen LogP contribution in [0.2, 0.25) is 0 Å². The maximum atomic E-state index is 9.54. The number of hydrogen-bond acceptors (Lipinski definition) is 4. The van der Waals surface area contributed by atoms with Gasteiger partial charge in [-0.1, -0.05) is 0 Å². The Morgan fingerprint density at radius 1 is 1.60 bits per heavy atom. The number of aryl methyl sites for hydroxylation is 1. The second kappa shape index (κ2) is 5.25. The summed E-state index contributed by atoms with van der Waals surface area (Å²) in [4.78, 5) is 4.04. The van der Waals surface area contributed by atoms with Crippen molar-refractivity contribution in [3.63, 3.8) is 0 Å². The summed E-state index contributed by atoms with van der Waals surface area (Å²) in [5.41, 5.74) is 0.0168. The SMILES string of the molecule is CCn1cncc1CNCC(C)(O)CO. The molecule has 1 heterocycles. The third-order valence-corrected chi connectivity index (χ3v) is 2.29. The minimum absolute atomic E-state index is 0.243. The highest BCUT2D eigenvalue weighted by molar-refractivity contribution is 4.97. The standard InChI is InChI=1S/C10H19N3O2/c1-3-13-8-12-5-9(13)4-11-6-10(2,15)7-14/h5,8,11,14-15H,3-4,6-7H2,1-2H3. The van der Waals surface area contributed by atoms with Crippen LogP contribution in [0.25, 0.3) is 0 Å². The molecule has 3 N–H and O–H groups in total. The van der Waals surface area contributed by atoms with Crippen molar-refractivity contribution < 1.29 is 10.2 Å². The van der Waals surface area contributed by atoms with Crippen LogP contribution >= 0.6 is 0 Å². The first kappa shape index (κ1) is 12.2. The zero-order chi connectivity index (χ0) is 11.3. The van der Waals surface area contributed by atoms with Crippen molar-refractivity contribution in [2.75, 3.05) is 13.2 Å². The third kappa shape index (κ3) is 3.62. The molecule has 0 aliphatic rings. The van der Waals surface area contributed by atoms with Crippen LogP contribution in [0, 0.1) is 0 Å². The second-order valence-corrected chi connectivity index (χ2v) is 3.93. The molecule has 0 spiro atoms. The molecule has 1 aromatic rings. The van der Waals surface area contributed by atoms with E-state index in [-0.39, 0.29) is 6.61 Å². The number of imidazole rings is 1. The molecule has 0 amide bonds. The summed E-state index contributed by atoms with van der Waals surface area (Å²) < 4.78 is 2.03. The summed E-state index contributed by atoms with van der Waals surface area (Å²) in [6.45, 7) is 5.29. The molecular formula is C10H19N3O2. The fourth-order valence-electron chi connectivity index (χ4n) is 1.30. The first-order chi connectivity index (χ1) is 7.09. The molecule has 0 radical (unpaired) electrons. The topological polar surface area (TPSA) is 70.3 Å². The van der Waals surface area contributed by atoms with Gasteiger partial charge in [-0.25, -0.2) is 4.98 Å². The molecule has 1 unspecified atom stereocenters. The largest absolute Gasteiger partial charge is 0.393 e. The summed E-state index contributed by atoms with van der Waals surface area (Å²) in [5, 5.41) is 21.5. The molecule has 0 aromatic carbocycles. The molecule has 86 valence electrons. The van der Waals surface area contributed by atoms with Crippen LogP contribution in [-0.4, -0.2) is 38.5 Å². The molecule has 0 saturated carbocycles. The van der Waals surface area contributed by atoms with E-state index >= 15 is 0 Å². The van der Waals surface area contributed by atoms with Crippen molar-refractivity contribution in [2.45, 2.75) is 32.5 Å². The van der Waals surface area contributed by atoms with Crippen LogP contribution in [0.3, 0.4) is 0 Å². The van der Waals surface area contributed by atoms with Crippen molar-refractivity contribution in [2.24, 2.45) is 0 Å². The van der Waals surface area contributed by atoms with Gasteiger partial charge in [0, 0.05) is 25.8 Å². The summed E-state index contributed by atoms with van der Waals surface area (Å²) in [5.74, 6) is 0. The zero-order valence-corrected chi connectivity index (χ0v) is 9.27.